The van der Waals surface area contributed by atoms with E-state index < -0.39 is 12.0 Å². The van der Waals surface area contributed by atoms with Crippen molar-refractivity contribution in [3.05, 3.63) is 24.4 Å². The van der Waals surface area contributed by atoms with Crippen molar-refractivity contribution in [3.8, 4) is 0 Å². The SMILES string of the molecule is O=C(CCSSc1ccccn1)NCCCCC(C(=O)O)N1C(=O)CCC1=S. The number of carbonyl (C=O) groups is 3. The first-order valence-corrected chi connectivity index (χ1v) is 11.8. The molecule has 152 valence electrons. The predicted octanol–water partition coefficient (Wildman–Crippen LogP) is 2.90. The number of carbonyl (C=O) groups excluding carboxylic acids is 2. The minimum Gasteiger partial charge on any atom is -0.480 e. The molecule has 1 aliphatic heterocycles. The Morgan fingerprint density at radius 3 is 2.79 bits per heavy atom. The third-order valence-corrected chi connectivity index (χ3v) is 6.78. The standard InChI is InChI=1S/C18H23N3O4S3/c22-14(9-12-27-28-15-6-2-4-11-20-15)19-10-3-1-5-13(18(24)25)21-16(23)7-8-17(21)26/h2,4,6,11,13H,1,3,5,7-10,12H2,(H,19,22)(H,24,25). The zero-order chi connectivity index (χ0) is 20.4. The van der Waals surface area contributed by atoms with Crippen LogP contribution in [0.3, 0.4) is 0 Å². The van der Waals surface area contributed by atoms with Gasteiger partial charge in [0.25, 0.3) is 0 Å². The fourth-order valence-corrected chi connectivity index (χ4v) is 4.92. The Kier molecular flexibility index (Phi) is 9.72. The molecule has 0 saturated carbocycles. The molecule has 0 spiro atoms. The van der Waals surface area contributed by atoms with Crippen LogP contribution in [0.25, 0.3) is 0 Å². The highest BCUT2D eigenvalue weighted by molar-refractivity contribution is 8.76. The van der Waals surface area contributed by atoms with E-state index in [0.29, 0.717) is 49.4 Å². The second kappa shape index (κ2) is 12.0. The first-order chi connectivity index (χ1) is 13.5. The van der Waals surface area contributed by atoms with Crippen molar-refractivity contribution in [2.45, 2.75) is 49.6 Å². The Labute approximate surface area is 177 Å². The summed E-state index contributed by atoms with van der Waals surface area (Å²) in [4.78, 5) is 41.0. The van der Waals surface area contributed by atoms with E-state index >= 15 is 0 Å². The maximum absolute atomic E-state index is 11.8. The van der Waals surface area contributed by atoms with Crippen LogP contribution in [-0.2, 0) is 14.4 Å². The normalized spacial score (nSPS) is 14.9. The number of hydrogen-bond donors (Lipinski definition) is 2. The number of unbranched alkanes of at least 4 members (excludes halogenated alkanes) is 1. The number of carboxylic acids is 1. The summed E-state index contributed by atoms with van der Waals surface area (Å²) in [5.74, 6) is -0.599. The molecule has 28 heavy (non-hydrogen) atoms. The first-order valence-electron chi connectivity index (χ1n) is 9.04. The summed E-state index contributed by atoms with van der Waals surface area (Å²) in [6.07, 6.45) is 4.46. The van der Waals surface area contributed by atoms with Gasteiger partial charge in [0.2, 0.25) is 11.8 Å². The van der Waals surface area contributed by atoms with Crippen LogP contribution >= 0.6 is 33.8 Å². The van der Waals surface area contributed by atoms with E-state index in [1.54, 1.807) is 17.0 Å². The molecule has 2 N–H and O–H groups in total. The highest BCUT2D eigenvalue weighted by Crippen LogP contribution is 2.29. The molecule has 1 fully saturated rings. The number of nitrogens with one attached hydrogen (secondary N) is 1. The van der Waals surface area contributed by atoms with E-state index in [-0.39, 0.29) is 18.2 Å². The van der Waals surface area contributed by atoms with E-state index in [1.165, 1.54) is 15.7 Å². The number of rotatable bonds is 12. The number of nitrogens with zero attached hydrogens (tertiary/aromatic N) is 2. The van der Waals surface area contributed by atoms with Crippen molar-refractivity contribution in [2.24, 2.45) is 0 Å². The van der Waals surface area contributed by atoms with Crippen LogP contribution in [0.15, 0.2) is 29.4 Å². The van der Waals surface area contributed by atoms with Gasteiger partial charge in [0.15, 0.2) is 0 Å². The summed E-state index contributed by atoms with van der Waals surface area (Å²) in [7, 11) is 3.12. The van der Waals surface area contributed by atoms with Crippen LogP contribution in [0.2, 0.25) is 0 Å². The van der Waals surface area contributed by atoms with Gasteiger partial charge in [0, 0.05) is 37.8 Å². The molecule has 1 aromatic rings. The van der Waals surface area contributed by atoms with E-state index in [1.807, 2.05) is 18.2 Å². The molecule has 1 aromatic heterocycles. The summed E-state index contributed by atoms with van der Waals surface area (Å²) in [6, 6.07) is 4.80. The molecule has 7 nitrogen and oxygen atoms in total. The minimum absolute atomic E-state index is 0.0280. The molecule has 1 saturated heterocycles. The number of amides is 2. The molecule has 2 rings (SSSR count). The second-order valence-corrected chi connectivity index (χ2v) is 9.09. The molecule has 2 amide bonds. The van der Waals surface area contributed by atoms with Gasteiger partial charge in [0.05, 0.1) is 4.99 Å². The molecule has 10 heteroatoms. The topological polar surface area (TPSA) is 99.6 Å². The van der Waals surface area contributed by atoms with Gasteiger partial charge in [-0.25, -0.2) is 9.78 Å². The minimum atomic E-state index is -1.04. The highest BCUT2D eigenvalue weighted by Gasteiger charge is 2.35. The maximum Gasteiger partial charge on any atom is 0.326 e. The quantitative estimate of drug-likeness (QED) is 0.290. The molecule has 2 heterocycles. The zero-order valence-corrected chi connectivity index (χ0v) is 17.8. The summed E-state index contributed by atoms with van der Waals surface area (Å²) in [5, 5.41) is 13.1. The molecular weight excluding hydrogens is 418 g/mol. The van der Waals surface area contributed by atoms with Crippen molar-refractivity contribution in [1.82, 2.24) is 15.2 Å². The van der Waals surface area contributed by atoms with Crippen molar-refractivity contribution in [2.75, 3.05) is 12.3 Å². The van der Waals surface area contributed by atoms with Crippen LogP contribution in [0.1, 0.15) is 38.5 Å². The lowest BCUT2D eigenvalue weighted by molar-refractivity contribution is -0.146. The molecule has 0 radical (unpaired) electrons. The fourth-order valence-electron chi connectivity index (χ4n) is 2.72. The van der Waals surface area contributed by atoms with E-state index in [0.717, 1.165) is 5.03 Å². The smallest absolute Gasteiger partial charge is 0.326 e. The number of pyridine rings is 1. The van der Waals surface area contributed by atoms with Gasteiger partial charge in [-0.15, -0.1) is 0 Å². The fraction of sp³-hybridized carbons (Fsp3) is 0.500. The molecular formula is C18H23N3O4S3. The van der Waals surface area contributed by atoms with Crippen LogP contribution in [0.5, 0.6) is 0 Å². The summed E-state index contributed by atoms with van der Waals surface area (Å²) < 4.78 is 0. The van der Waals surface area contributed by atoms with E-state index in [2.05, 4.69) is 10.3 Å². The third kappa shape index (κ3) is 7.40. The van der Waals surface area contributed by atoms with Gasteiger partial charge < -0.3 is 10.4 Å². The van der Waals surface area contributed by atoms with Gasteiger partial charge in [-0.2, -0.15) is 0 Å². The average Bonchev–Trinajstić information content (AvgIpc) is 3.01. The average molecular weight is 442 g/mol. The van der Waals surface area contributed by atoms with Gasteiger partial charge in [0.1, 0.15) is 11.1 Å². The molecule has 1 atom stereocenters. The maximum atomic E-state index is 11.8. The number of thiocarbonyl (C=S) groups is 1. The Morgan fingerprint density at radius 2 is 2.14 bits per heavy atom. The molecule has 0 bridgehead atoms. The number of aromatic nitrogens is 1. The van der Waals surface area contributed by atoms with Gasteiger partial charge in [-0.05, 0) is 42.2 Å². The van der Waals surface area contributed by atoms with Crippen molar-refractivity contribution >= 4 is 56.6 Å². The highest BCUT2D eigenvalue weighted by atomic mass is 33.1. The monoisotopic (exact) mass is 441 g/mol. The zero-order valence-electron chi connectivity index (χ0n) is 15.3. The summed E-state index contributed by atoms with van der Waals surface area (Å²) >= 11 is 5.11. The van der Waals surface area contributed by atoms with Crippen LogP contribution in [0.4, 0.5) is 0 Å². The van der Waals surface area contributed by atoms with E-state index in [9.17, 15) is 19.5 Å². The van der Waals surface area contributed by atoms with Crippen molar-refractivity contribution in [1.29, 1.82) is 0 Å². The lowest BCUT2D eigenvalue weighted by atomic mass is 10.1. The number of likely N-dealkylation sites (tertiary alicyclic amines) is 1. The second-order valence-electron chi connectivity index (χ2n) is 6.18. The molecule has 1 unspecified atom stereocenters. The molecule has 0 aliphatic carbocycles. The van der Waals surface area contributed by atoms with Crippen LogP contribution < -0.4 is 5.32 Å². The van der Waals surface area contributed by atoms with E-state index in [4.69, 9.17) is 12.2 Å². The lowest BCUT2D eigenvalue weighted by Crippen LogP contribution is -2.43. The van der Waals surface area contributed by atoms with Crippen LogP contribution in [0, 0.1) is 0 Å². The lowest BCUT2D eigenvalue weighted by Gasteiger charge is -2.24. The summed E-state index contributed by atoms with van der Waals surface area (Å²) in [5.41, 5.74) is 0. The molecule has 0 aromatic carbocycles. The largest absolute Gasteiger partial charge is 0.480 e. The van der Waals surface area contributed by atoms with Crippen LogP contribution in [-0.4, -0.2) is 56.1 Å². The van der Waals surface area contributed by atoms with Crippen molar-refractivity contribution < 1.29 is 19.5 Å². The Hall–Kier alpha value is -1.65. The predicted molar refractivity (Wildman–Crippen MR) is 114 cm³/mol. The molecule has 1 aliphatic rings. The Bertz CT molecular complexity index is 687. The Morgan fingerprint density at radius 1 is 1.32 bits per heavy atom. The van der Waals surface area contributed by atoms with Gasteiger partial charge in [-0.3, -0.25) is 14.5 Å². The number of carboxylic acid groups (broad SMARTS) is 1. The third-order valence-electron chi connectivity index (χ3n) is 4.11. The van der Waals surface area contributed by atoms with Gasteiger partial charge >= 0.3 is 5.97 Å². The number of aliphatic carboxylic acids is 1. The Balaban J connectivity index is 1.57. The van der Waals surface area contributed by atoms with Crippen molar-refractivity contribution in [3.63, 3.8) is 0 Å². The first kappa shape index (κ1) is 22.6. The summed E-state index contributed by atoms with van der Waals surface area (Å²) in [6.45, 7) is 0.488. The van der Waals surface area contributed by atoms with Gasteiger partial charge in [-0.1, -0.05) is 29.1 Å². The number of hydrogen-bond acceptors (Lipinski definition) is 7.